The number of fused-ring (bicyclic) bond motifs is 1. The van der Waals surface area contributed by atoms with Crippen molar-refractivity contribution in [2.75, 3.05) is 5.32 Å². The van der Waals surface area contributed by atoms with Crippen molar-refractivity contribution in [3.8, 4) is 0 Å². The van der Waals surface area contributed by atoms with Crippen LogP contribution in [0.2, 0.25) is 0 Å². The largest absolute Gasteiger partial charge is 0.374 e. The highest BCUT2D eigenvalue weighted by atomic mass is 32.1. The predicted octanol–water partition coefficient (Wildman–Crippen LogP) is 3.07. The summed E-state index contributed by atoms with van der Waals surface area (Å²) in [4.78, 5) is 14.8. The summed E-state index contributed by atoms with van der Waals surface area (Å²) in [6.45, 7) is 3.89. The van der Waals surface area contributed by atoms with E-state index in [0.717, 1.165) is 10.7 Å². The zero-order chi connectivity index (χ0) is 15.0. The van der Waals surface area contributed by atoms with Gasteiger partial charge >= 0.3 is 5.69 Å². The molecule has 0 bridgehead atoms. The van der Waals surface area contributed by atoms with Crippen molar-refractivity contribution >= 4 is 33.7 Å². The Morgan fingerprint density at radius 3 is 2.81 bits per heavy atom. The van der Waals surface area contributed by atoms with E-state index in [1.807, 2.05) is 19.2 Å². The number of nitrogens with zero attached hydrogens (tertiary/aromatic N) is 4. The van der Waals surface area contributed by atoms with Crippen molar-refractivity contribution < 1.29 is 9.55 Å². The van der Waals surface area contributed by atoms with Gasteiger partial charge in [-0.25, -0.2) is 9.61 Å². The van der Waals surface area contributed by atoms with E-state index in [-0.39, 0.29) is 17.2 Å². The molecule has 9 heteroatoms. The summed E-state index contributed by atoms with van der Waals surface area (Å²) < 4.78 is 4.63. The quantitative estimate of drug-likeness (QED) is 0.583. The number of nitro groups is 1. The minimum atomic E-state index is -0.510. The molecule has 0 fully saturated rings. The first-order valence-corrected chi connectivity index (χ1v) is 7.02. The predicted molar refractivity (Wildman–Crippen MR) is 77.3 cm³/mol. The average Bonchev–Trinajstić information content (AvgIpc) is 3.07. The molecule has 0 saturated carbocycles. The smallest absolute Gasteiger partial charge is 0.300 e. The molecule has 1 N–H and O–H groups in total. The van der Waals surface area contributed by atoms with Gasteiger partial charge in [-0.3, -0.25) is 10.1 Å². The van der Waals surface area contributed by atoms with Crippen LogP contribution in [0.5, 0.6) is 0 Å². The van der Waals surface area contributed by atoms with Gasteiger partial charge in [-0.05, 0) is 30.2 Å². The minimum Gasteiger partial charge on any atom is -0.374 e. The van der Waals surface area contributed by atoms with E-state index in [1.54, 1.807) is 17.4 Å². The third-order valence-corrected chi connectivity index (χ3v) is 4.12. The van der Waals surface area contributed by atoms with Crippen LogP contribution in [0.3, 0.4) is 0 Å². The van der Waals surface area contributed by atoms with Gasteiger partial charge in [0.15, 0.2) is 5.52 Å². The summed E-state index contributed by atoms with van der Waals surface area (Å²) in [7, 11) is 0. The third kappa shape index (κ3) is 2.42. The van der Waals surface area contributed by atoms with Crippen LogP contribution in [0.1, 0.15) is 23.7 Å². The van der Waals surface area contributed by atoms with Crippen molar-refractivity contribution in [1.29, 1.82) is 0 Å². The Kier molecular flexibility index (Phi) is 3.26. The zero-order valence-corrected chi connectivity index (χ0v) is 12.0. The number of nitro benzene ring substituents is 1. The lowest BCUT2D eigenvalue weighted by molar-refractivity contribution is -0.383. The highest BCUT2D eigenvalue weighted by Crippen LogP contribution is 2.31. The molecule has 0 spiro atoms. The number of aromatic nitrogens is 3. The van der Waals surface area contributed by atoms with E-state index in [1.165, 1.54) is 6.07 Å². The van der Waals surface area contributed by atoms with Crippen molar-refractivity contribution in [3.05, 3.63) is 38.3 Å². The van der Waals surface area contributed by atoms with Crippen molar-refractivity contribution in [1.82, 2.24) is 15.3 Å². The van der Waals surface area contributed by atoms with Crippen molar-refractivity contribution in [2.24, 2.45) is 0 Å². The number of benzene rings is 1. The lowest BCUT2D eigenvalue weighted by atomic mass is 10.2. The van der Waals surface area contributed by atoms with Crippen LogP contribution >= 0.6 is 11.3 Å². The Bertz CT molecular complexity index is 812. The molecule has 0 radical (unpaired) electrons. The fourth-order valence-electron chi connectivity index (χ4n) is 1.98. The molecule has 0 aliphatic rings. The zero-order valence-electron chi connectivity index (χ0n) is 11.2. The minimum absolute atomic E-state index is 0.0509. The first-order chi connectivity index (χ1) is 10.1. The molecule has 0 aliphatic heterocycles. The molecule has 2 heterocycles. The number of non-ortho nitro benzene ring substituents is 1. The fraction of sp³-hybridized carbons (Fsp3) is 0.250. The maximum absolute atomic E-state index is 10.9. The van der Waals surface area contributed by atoms with E-state index in [0.29, 0.717) is 11.2 Å². The van der Waals surface area contributed by atoms with Gasteiger partial charge in [-0.1, -0.05) is 0 Å². The van der Waals surface area contributed by atoms with Crippen LogP contribution in [0.4, 0.5) is 11.4 Å². The van der Waals surface area contributed by atoms with E-state index >= 15 is 0 Å². The molecule has 1 aromatic carbocycles. The number of hydrogen-bond donors (Lipinski definition) is 1. The fourth-order valence-corrected chi connectivity index (χ4v) is 2.79. The standard InChI is InChI=1S/C12H11N5O3S/c1-6-5-21-12(13-6)7(2)14-8-3-4-9(17(18)19)11-10(8)15-20-16-11/h3-5,7,14H,1-2H3. The summed E-state index contributed by atoms with van der Waals surface area (Å²) in [5.74, 6) is 0. The lowest BCUT2D eigenvalue weighted by Gasteiger charge is -2.12. The van der Waals surface area contributed by atoms with E-state index < -0.39 is 4.92 Å². The summed E-state index contributed by atoms with van der Waals surface area (Å²) in [5.41, 5.74) is 1.92. The maximum Gasteiger partial charge on any atom is 0.300 e. The SMILES string of the molecule is Cc1csc(C(C)Nc2ccc([N+](=O)[O-])c3nonc23)n1. The molecule has 108 valence electrons. The van der Waals surface area contributed by atoms with Gasteiger partial charge in [0.25, 0.3) is 0 Å². The molecule has 0 aliphatic carbocycles. The number of nitrogens with one attached hydrogen (secondary N) is 1. The molecular weight excluding hydrogens is 294 g/mol. The Labute approximate surface area is 122 Å². The molecule has 2 aromatic heterocycles. The van der Waals surface area contributed by atoms with Crippen LogP contribution in [-0.2, 0) is 0 Å². The molecular formula is C12H11N5O3S. The summed E-state index contributed by atoms with van der Waals surface area (Å²) >= 11 is 1.55. The van der Waals surface area contributed by atoms with Crippen LogP contribution in [0.25, 0.3) is 11.0 Å². The Balaban J connectivity index is 1.96. The molecule has 1 atom stereocenters. The van der Waals surface area contributed by atoms with Gasteiger partial charge in [0.1, 0.15) is 5.01 Å². The second-order valence-electron chi connectivity index (χ2n) is 4.54. The Hall–Kier alpha value is -2.55. The number of hydrogen-bond acceptors (Lipinski definition) is 8. The topological polar surface area (TPSA) is 107 Å². The van der Waals surface area contributed by atoms with Gasteiger partial charge in [-0.15, -0.1) is 11.3 Å². The maximum atomic E-state index is 10.9. The monoisotopic (exact) mass is 305 g/mol. The van der Waals surface area contributed by atoms with Gasteiger partial charge in [-0.2, -0.15) is 0 Å². The summed E-state index contributed by atoms with van der Waals surface area (Å²) in [5, 5.41) is 24.4. The van der Waals surface area contributed by atoms with Gasteiger partial charge < -0.3 is 5.32 Å². The Morgan fingerprint density at radius 1 is 1.38 bits per heavy atom. The molecule has 3 rings (SSSR count). The normalized spacial score (nSPS) is 12.5. The second kappa shape index (κ2) is 5.09. The summed E-state index contributed by atoms with van der Waals surface area (Å²) in [6.07, 6.45) is 0. The third-order valence-electron chi connectivity index (χ3n) is 2.97. The number of thiazole rings is 1. The lowest BCUT2D eigenvalue weighted by Crippen LogP contribution is -2.07. The van der Waals surface area contributed by atoms with Gasteiger partial charge in [0.2, 0.25) is 5.52 Å². The van der Waals surface area contributed by atoms with Crippen LogP contribution < -0.4 is 5.32 Å². The molecule has 8 nitrogen and oxygen atoms in total. The summed E-state index contributed by atoms with van der Waals surface area (Å²) in [6, 6.07) is 2.93. The van der Waals surface area contributed by atoms with Gasteiger partial charge in [0, 0.05) is 17.1 Å². The van der Waals surface area contributed by atoms with Crippen LogP contribution in [-0.4, -0.2) is 20.2 Å². The van der Waals surface area contributed by atoms with E-state index in [2.05, 4.69) is 25.2 Å². The molecule has 0 amide bonds. The second-order valence-corrected chi connectivity index (χ2v) is 5.43. The molecule has 21 heavy (non-hydrogen) atoms. The molecule has 3 aromatic rings. The number of aryl methyl sites for hydroxylation is 1. The van der Waals surface area contributed by atoms with Crippen molar-refractivity contribution in [2.45, 2.75) is 19.9 Å². The van der Waals surface area contributed by atoms with E-state index in [9.17, 15) is 10.1 Å². The highest BCUT2D eigenvalue weighted by Gasteiger charge is 2.21. The number of rotatable bonds is 4. The molecule has 1 unspecified atom stereocenters. The van der Waals surface area contributed by atoms with Crippen LogP contribution in [0, 0.1) is 17.0 Å². The van der Waals surface area contributed by atoms with E-state index in [4.69, 9.17) is 0 Å². The Morgan fingerprint density at radius 2 is 2.14 bits per heavy atom. The molecule has 0 saturated heterocycles. The highest BCUT2D eigenvalue weighted by molar-refractivity contribution is 7.09. The van der Waals surface area contributed by atoms with Crippen LogP contribution in [0.15, 0.2) is 22.1 Å². The average molecular weight is 305 g/mol. The first kappa shape index (κ1) is 13.4. The number of anilines is 1. The van der Waals surface area contributed by atoms with Crippen molar-refractivity contribution in [3.63, 3.8) is 0 Å². The van der Waals surface area contributed by atoms with Gasteiger partial charge in [0.05, 0.1) is 16.7 Å². The first-order valence-electron chi connectivity index (χ1n) is 6.14.